The molecule has 3 rings (SSSR count). The molecule has 23 heavy (non-hydrogen) atoms. The number of halogens is 1. The molecule has 0 radical (unpaired) electrons. The lowest BCUT2D eigenvalue weighted by Crippen LogP contribution is -2.48. The molecule has 1 aliphatic heterocycles. The van der Waals surface area contributed by atoms with E-state index < -0.39 is 0 Å². The summed E-state index contributed by atoms with van der Waals surface area (Å²) in [5, 5.41) is 0. The minimum absolute atomic E-state index is 0.178. The summed E-state index contributed by atoms with van der Waals surface area (Å²) in [6.07, 6.45) is 7.11. The van der Waals surface area contributed by atoms with E-state index in [0.717, 1.165) is 50.6 Å². The zero-order valence-corrected chi connectivity index (χ0v) is 13.8. The molecule has 1 aromatic rings. The molecule has 2 aliphatic rings. The van der Waals surface area contributed by atoms with Crippen LogP contribution in [0.1, 0.15) is 44.1 Å². The number of piperazine rings is 1. The molecule has 0 unspecified atom stereocenters. The molecule has 0 aromatic heterocycles. The van der Waals surface area contributed by atoms with Gasteiger partial charge < -0.3 is 4.90 Å². The first-order valence-corrected chi connectivity index (χ1v) is 8.95. The average Bonchev–Trinajstić information content (AvgIpc) is 3.07. The molecule has 1 amide bonds. The molecule has 126 valence electrons. The Bertz CT molecular complexity index is 520. The fourth-order valence-electron chi connectivity index (χ4n) is 3.83. The number of hydrogen-bond acceptors (Lipinski definition) is 2. The summed E-state index contributed by atoms with van der Waals surface area (Å²) in [5.74, 6) is 0.929. The molecule has 0 N–H and O–H groups in total. The first-order chi connectivity index (χ1) is 11.2. The highest BCUT2D eigenvalue weighted by Gasteiger charge is 2.22. The Balaban J connectivity index is 1.40. The number of nitrogens with zero attached hydrogens (tertiary/aromatic N) is 2. The van der Waals surface area contributed by atoms with Gasteiger partial charge in [0.15, 0.2) is 0 Å². The molecule has 0 bridgehead atoms. The highest BCUT2D eigenvalue weighted by Crippen LogP contribution is 2.28. The molecule has 1 aliphatic carbocycles. The summed E-state index contributed by atoms with van der Waals surface area (Å²) in [7, 11) is 0. The first-order valence-electron chi connectivity index (χ1n) is 8.95. The van der Waals surface area contributed by atoms with Gasteiger partial charge in [0.1, 0.15) is 5.82 Å². The molecule has 0 spiro atoms. The number of rotatable bonds is 5. The Hall–Kier alpha value is -1.42. The maximum absolute atomic E-state index is 13.2. The van der Waals surface area contributed by atoms with Crippen molar-refractivity contribution in [1.29, 1.82) is 0 Å². The molecule has 1 saturated carbocycles. The van der Waals surface area contributed by atoms with E-state index in [9.17, 15) is 9.18 Å². The normalized spacial score (nSPS) is 20.1. The molecule has 0 atom stereocenters. The maximum atomic E-state index is 13.2. The van der Waals surface area contributed by atoms with E-state index in [1.807, 2.05) is 11.0 Å². The van der Waals surface area contributed by atoms with Crippen molar-refractivity contribution in [3.8, 4) is 0 Å². The highest BCUT2D eigenvalue weighted by atomic mass is 19.1. The largest absolute Gasteiger partial charge is 0.340 e. The third-order valence-electron chi connectivity index (χ3n) is 5.26. The Labute approximate surface area is 138 Å². The van der Waals surface area contributed by atoms with Crippen molar-refractivity contribution >= 4 is 5.91 Å². The zero-order valence-electron chi connectivity index (χ0n) is 13.8. The van der Waals surface area contributed by atoms with Crippen molar-refractivity contribution in [3.63, 3.8) is 0 Å². The Morgan fingerprint density at radius 2 is 1.87 bits per heavy atom. The van der Waals surface area contributed by atoms with Crippen LogP contribution in [0.25, 0.3) is 0 Å². The van der Waals surface area contributed by atoms with Crippen LogP contribution in [0.3, 0.4) is 0 Å². The van der Waals surface area contributed by atoms with E-state index in [0.29, 0.717) is 12.3 Å². The Morgan fingerprint density at radius 1 is 1.13 bits per heavy atom. The fraction of sp³-hybridized carbons (Fsp3) is 0.632. The van der Waals surface area contributed by atoms with Crippen LogP contribution in [0.4, 0.5) is 4.39 Å². The molecule has 1 saturated heterocycles. The smallest absolute Gasteiger partial charge is 0.222 e. The van der Waals surface area contributed by atoms with Gasteiger partial charge in [-0.25, -0.2) is 4.39 Å². The minimum atomic E-state index is -0.178. The number of amides is 1. The molecule has 1 heterocycles. The average molecular weight is 318 g/mol. The van der Waals surface area contributed by atoms with Crippen molar-refractivity contribution in [2.45, 2.75) is 45.1 Å². The van der Waals surface area contributed by atoms with E-state index in [2.05, 4.69) is 4.90 Å². The predicted octanol–water partition coefficient (Wildman–Crippen LogP) is 3.44. The Kier molecular flexibility index (Phi) is 5.65. The van der Waals surface area contributed by atoms with Crippen molar-refractivity contribution in [1.82, 2.24) is 9.80 Å². The highest BCUT2D eigenvalue weighted by molar-refractivity contribution is 5.76. The van der Waals surface area contributed by atoms with Gasteiger partial charge in [-0.1, -0.05) is 37.8 Å². The molecule has 3 nitrogen and oxygen atoms in total. The summed E-state index contributed by atoms with van der Waals surface area (Å²) in [6, 6.07) is 6.79. The van der Waals surface area contributed by atoms with E-state index in [4.69, 9.17) is 0 Å². The quantitative estimate of drug-likeness (QED) is 0.830. The van der Waals surface area contributed by atoms with Crippen molar-refractivity contribution in [2.75, 3.05) is 26.2 Å². The van der Waals surface area contributed by atoms with E-state index >= 15 is 0 Å². The van der Waals surface area contributed by atoms with Crippen LogP contribution in [-0.4, -0.2) is 41.9 Å². The first kappa shape index (κ1) is 16.4. The second-order valence-electron chi connectivity index (χ2n) is 6.98. The monoisotopic (exact) mass is 318 g/mol. The van der Waals surface area contributed by atoms with E-state index in [-0.39, 0.29) is 5.82 Å². The lowest BCUT2D eigenvalue weighted by molar-refractivity contribution is -0.133. The fourth-order valence-corrected chi connectivity index (χ4v) is 3.83. The van der Waals surface area contributed by atoms with Gasteiger partial charge in [0.25, 0.3) is 0 Å². The van der Waals surface area contributed by atoms with Crippen LogP contribution in [0, 0.1) is 11.7 Å². The van der Waals surface area contributed by atoms with Crippen LogP contribution in [-0.2, 0) is 11.3 Å². The summed E-state index contributed by atoms with van der Waals surface area (Å²) >= 11 is 0. The summed E-state index contributed by atoms with van der Waals surface area (Å²) in [6.45, 7) is 4.14. The van der Waals surface area contributed by atoms with Crippen LogP contribution in [0.5, 0.6) is 0 Å². The van der Waals surface area contributed by atoms with Gasteiger partial charge in [0.2, 0.25) is 5.91 Å². The van der Waals surface area contributed by atoms with Gasteiger partial charge in [-0.05, 0) is 30.0 Å². The third kappa shape index (κ3) is 4.77. The van der Waals surface area contributed by atoms with E-state index in [1.165, 1.54) is 31.7 Å². The lowest BCUT2D eigenvalue weighted by atomic mass is 10.0. The third-order valence-corrected chi connectivity index (χ3v) is 5.26. The Morgan fingerprint density at radius 3 is 2.57 bits per heavy atom. The number of benzene rings is 1. The van der Waals surface area contributed by atoms with Crippen molar-refractivity contribution in [3.05, 3.63) is 35.6 Å². The van der Waals surface area contributed by atoms with Gasteiger partial charge in [-0.3, -0.25) is 9.69 Å². The van der Waals surface area contributed by atoms with Crippen molar-refractivity contribution in [2.24, 2.45) is 5.92 Å². The number of carbonyl (C=O) groups excluding carboxylic acids is 1. The van der Waals surface area contributed by atoms with Crippen LogP contribution < -0.4 is 0 Å². The number of carbonyl (C=O) groups is 1. The van der Waals surface area contributed by atoms with Gasteiger partial charge in [0.05, 0.1) is 0 Å². The second kappa shape index (κ2) is 7.91. The molecule has 4 heteroatoms. The predicted molar refractivity (Wildman–Crippen MR) is 89.4 cm³/mol. The summed E-state index contributed by atoms with van der Waals surface area (Å²) < 4.78 is 13.2. The second-order valence-corrected chi connectivity index (χ2v) is 6.98. The SMILES string of the molecule is O=C(CCC1CCCC1)N1CCN(Cc2cccc(F)c2)CC1. The van der Waals surface area contributed by atoms with Gasteiger partial charge in [-0.15, -0.1) is 0 Å². The van der Waals surface area contributed by atoms with Gasteiger partial charge in [-0.2, -0.15) is 0 Å². The summed E-state index contributed by atoms with van der Waals surface area (Å²) in [5.41, 5.74) is 1.01. The zero-order chi connectivity index (χ0) is 16.1. The van der Waals surface area contributed by atoms with Crippen LogP contribution >= 0.6 is 0 Å². The molecule has 1 aromatic carbocycles. The molecular formula is C19H27FN2O. The van der Waals surface area contributed by atoms with Crippen LogP contribution in [0.2, 0.25) is 0 Å². The number of hydrogen-bond donors (Lipinski definition) is 0. The van der Waals surface area contributed by atoms with Gasteiger partial charge >= 0.3 is 0 Å². The van der Waals surface area contributed by atoms with Gasteiger partial charge in [0, 0.05) is 39.1 Å². The molecule has 2 fully saturated rings. The van der Waals surface area contributed by atoms with Crippen LogP contribution in [0.15, 0.2) is 24.3 Å². The minimum Gasteiger partial charge on any atom is -0.340 e. The maximum Gasteiger partial charge on any atom is 0.222 e. The topological polar surface area (TPSA) is 23.6 Å². The lowest BCUT2D eigenvalue weighted by Gasteiger charge is -2.35. The molecular weight excluding hydrogens is 291 g/mol. The van der Waals surface area contributed by atoms with Crippen molar-refractivity contribution < 1.29 is 9.18 Å². The standard InChI is InChI=1S/C19H27FN2O/c20-18-7-3-6-17(14-18)15-21-10-12-22(13-11-21)19(23)9-8-16-4-1-2-5-16/h3,6-7,14,16H,1-2,4-5,8-13,15H2. The van der Waals surface area contributed by atoms with E-state index in [1.54, 1.807) is 12.1 Å². The summed E-state index contributed by atoms with van der Waals surface area (Å²) in [4.78, 5) is 16.6.